The van der Waals surface area contributed by atoms with Gasteiger partial charge in [0.05, 0.1) is 0 Å². The van der Waals surface area contributed by atoms with Gasteiger partial charge in [-0.1, -0.05) is 39.8 Å². The van der Waals surface area contributed by atoms with Gasteiger partial charge >= 0.3 is 0 Å². The van der Waals surface area contributed by atoms with Crippen molar-refractivity contribution in [3.05, 3.63) is 47.5 Å². The van der Waals surface area contributed by atoms with Crippen molar-refractivity contribution < 1.29 is 10.2 Å². The molecule has 0 amide bonds. The van der Waals surface area contributed by atoms with Crippen LogP contribution in [0.2, 0.25) is 0 Å². The standard InChI is InChI=1S/C28H40N2O2/c1-19-9-20(2)14-29(13-19)17-25-11-23(5-7-27(25)31)24-6-8-28(32)26(12-24)18-30-15-21(3)10-22(4)16-30/h5-8,11-12,19-22,31-32H,9-10,13-18H2,1-4H3. The average Bonchev–Trinajstić information content (AvgIpc) is 2.70. The molecule has 4 unspecified atom stereocenters. The van der Waals surface area contributed by atoms with Gasteiger partial charge < -0.3 is 10.2 Å². The van der Waals surface area contributed by atoms with Crippen molar-refractivity contribution in [1.29, 1.82) is 0 Å². The van der Waals surface area contributed by atoms with Crippen molar-refractivity contribution in [3.63, 3.8) is 0 Å². The zero-order chi connectivity index (χ0) is 22.8. The van der Waals surface area contributed by atoms with E-state index >= 15 is 0 Å². The molecule has 0 aromatic heterocycles. The summed E-state index contributed by atoms with van der Waals surface area (Å²) in [5, 5.41) is 21.1. The first kappa shape index (κ1) is 23.1. The maximum atomic E-state index is 10.5. The Morgan fingerprint density at radius 2 is 0.969 bits per heavy atom. The zero-order valence-electron chi connectivity index (χ0n) is 20.2. The summed E-state index contributed by atoms with van der Waals surface area (Å²) in [5.41, 5.74) is 4.16. The highest BCUT2D eigenvalue weighted by Crippen LogP contribution is 2.32. The number of aromatic hydroxyl groups is 2. The molecule has 2 N–H and O–H groups in total. The molecule has 4 nitrogen and oxygen atoms in total. The first-order chi connectivity index (χ1) is 15.3. The zero-order valence-corrected chi connectivity index (χ0v) is 20.2. The van der Waals surface area contributed by atoms with Crippen molar-refractivity contribution in [2.45, 2.75) is 53.6 Å². The number of benzene rings is 2. The molecule has 0 saturated carbocycles. The Balaban J connectivity index is 1.53. The van der Waals surface area contributed by atoms with Crippen LogP contribution in [0.3, 0.4) is 0 Å². The molecule has 2 aromatic carbocycles. The lowest BCUT2D eigenvalue weighted by Gasteiger charge is -2.35. The third kappa shape index (κ3) is 5.65. The third-order valence-corrected chi connectivity index (χ3v) is 7.17. The second-order valence-electron chi connectivity index (χ2n) is 11.0. The molecule has 4 heteroatoms. The van der Waals surface area contributed by atoms with Gasteiger partial charge in [-0.25, -0.2) is 0 Å². The lowest BCUT2D eigenvalue weighted by Crippen LogP contribution is -2.38. The average molecular weight is 437 g/mol. The first-order valence-electron chi connectivity index (χ1n) is 12.4. The van der Waals surface area contributed by atoms with Crippen LogP contribution in [0.25, 0.3) is 11.1 Å². The van der Waals surface area contributed by atoms with E-state index in [4.69, 9.17) is 0 Å². The van der Waals surface area contributed by atoms with E-state index in [0.717, 1.165) is 61.5 Å². The summed E-state index contributed by atoms with van der Waals surface area (Å²) in [6, 6.07) is 11.9. The fourth-order valence-corrected chi connectivity index (χ4v) is 6.11. The van der Waals surface area contributed by atoms with Crippen LogP contribution >= 0.6 is 0 Å². The SMILES string of the molecule is CC1CC(C)CN(Cc2cc(-c3ccc(O)c(CN4CC(C)CC(C)C4)c3)ccc2O)C1. The predicted octanol–water partition coefficient (Wildman–Crippen LogP) is 5.72. The molecule has 32 heavy (non-hydrogen) atoms. The molecule has 2 aliphatic heterocycles. The molecule has 2 aliphatic rings. The number of phenolic OH excluding ortho intramolecular Hbond substituents is 2. The normalized spacial score (nSPS) is 27.5. The van der Waals surface area contributed by atoms with Crippen molar-refractivity contribution in [3.8, 4) is 22.6 Å². The first-order valence-corrected chi connectivity index (χ1v) is 12.4. The van der Waals surface area contributed by atoms with E-state index in [9.17, 15) is 10.2 Å². The van der Waals surface area contributed by atoms with Gasteiger partial charge in [0, 0.05) is 50.4 Å². The fourth-order valence-electron chi connectivity index (χ4n) is 6.11. The van der Waals surface area contributed by atoms with Gasteiger partial charge in [-0.2, -0.15) is 0 Å². The Kier molecular flexibility index (Phi) is 7.11. The van der Waals surface area contributed by atoms with Crippen LogP contribution < -0.4 is 0 Å². The van der Waals surface area contributed by atoms with Gasteiger partial charge in [0.2, 0.25) is 0 Å². The molecule has 0 spiro atoms. The summed E-state index contributed by atoms with van der Waals surface area (Å²) in [4.78, 5) is 4.94. The Morgan fingerprint density at radius 1 is 0.625 bits per heavy atom. The van der Waals surface area contributed by atoms with Crippen molar-refractivity contribution in [2.24, 2.45) is 23.7 Å². The lowest BCUT2D eigenvalue weighted by molar-refractivity contribution is 0.133. The van der Waals surface area contributed by atoms with Crippen molar-refractivity contribution in [1.82, 2.24) is 9.80 Å². The summed E-state index contributed by atoms with van der Waals surface area (Å²) in [7, 11) is 0. The van der Waals surface area contributed by atoms with Crippen LogP contribution in [-0.4, -0.2) is 46.2 Å². The summed E-state index contributed by atoms with van der Waals surface area (Å²) in [6.07, 6.45) is 2.57. The molecular formula is C28H40N2O2. The van der Waals surface area contributed by atoms with Gasteiger partial charge in [-0.15, -0.1) is 0 Å². The van der Waals surface area contributed by atoms with E-state index in [-0.39, 0.29) is 0 Å². The van der Waals surface area contributed by atoms with Crippen LogP contribution in [0.5, 0.6) is 11.5 Å². The van der Waals surface area contributed by atoms with Gasteiger partial charge in [-0.3, -0.25) is 9.80 Å². The number of hydrogen-bond donors (Lipinski definition) is 2. The second kappa shape index (κ2) is 9.84. The molecule has 2 heterocycles. The molecule has 174 valence electrons. The molecule has 2 aromatic rings. The molecular weight excluding hydrogens is 396 g/mol. The molecule has 4 rings (SSSR count). The van der Waals surface area contributed by atoms with Gasteiger partial charge in [0.1, 0.15) is 11.5 Å². The van der Waals surface area contributed by atoms with Crippen molar-refractivity contribution in [2.75, 3.05) is 26.2 Å². The maximum Gasteiger partial charge on any atom is 0.120 e. The Hall–Kier alpha value is -2.04. The van der Waals surface area contributed by atoms with E-state index < -0.39 is 0 Å². The van der Waals surface area contributed by atoms with E-state index in [1.165, 1.54) is 12.8 Å². The lowest BCUT2D eigenvalue weighted by atomic mass is 9.91. The quantitative estimate of drug-likeness (QED) is 0.629. The van der Waals surface area contributed by atoms with E-state index in [1.54, 1.807) is 0 Å². The number of likely N-dealkylation sites (tertiary alicyclic amines) is 2. The van der Waals surface area contributed by atoms with Crippen LogP contribution in [0, 0.1) is 23.7 Å². The van der Waals surface area contributed by atoms with Crippen LogP contribution in [0.1, 0.15) is 51.7 Å². The minimum absolute atomic E-state index is 0.370. The topological polar surface area (TPSA) is 46.9 Å². The van der Waals surface area contributed by atoms with E-state index in [1.807, 2.05) is 24.3 Å². The van der Waals surface area contributed by atoms with Gasteiger partial charge in [0.15, 0.2) is 0 Å². The molecule has 4 atom stereocenters. The summed E-state index contributed by atoms with van der Waals surface area (Å²) >= 11 is 0. The molecule has 2 saturated heterocycles. The maximum absolute atomic E-state index is 10.5. The number of hydrogen-bond acceptors (Lipinski definition) is 4. The van der Waals surface area contributed by atoms with Crippen LogP contribution in [0.15, 0.2) is 36.4 Å². The largest absolute Gasteiger partial charge is 0.508 e. The van der Waals surface area contributed by atoms with Gasteiger partial charge in [-0.05, 0) is 71.9 Å². The number of nitrogens with zero attached hydrogens (tertiary/aromatic N) is 2. The Morgan fingerprint density at radius 3 is 1.31 bits per heavy atom. The van der Waals surface area contributed by atoms with Crippen molar-refractivity contribution >= 4 is 0 Å². The predicted molar refractivity (Wildman–Crippen MR) is 132 cm³/mol. The third-order valence-electron chi connectivity index (χ3n) is 7.17. The number of rotatable bonds is 5. The minimum atomic E-state index is 0.370. The summed E-state index contributed by atoms with van der Waals surface area (Å²) in [6.45, 7) is 15.2. The monoisotopic (exact) mass is 436 g/mol. The highest BCUT2D eigenvalue weighted by atomic mass is 16.3. The van der Waals surface area contributed by atoms with Gasteiger partial charge in [0.25, 0.3) is 0 Å². The number of phenols is 2. The molecule has 0 radical (unpaired) electrons. The summed E-state index contributed by atoms with van der Waals surface area (Å²) in [5.74, 6) is 3.53. The number of piperidine rings is 2. The smallest absolute Gasteiger partial charge is 0.120 e. The van der Waals surface area contributed by atoms with E-state index in [0.29, 0.717) is 35.2 Å². The highest BCUT2D eigenvalue weighted by molar-refractivity contribution is 5.67. The van der Waals surface area contributed by atoms with Crippen LogP contribution in [0.4, 0.5) is 0 Å². The van der Waals surface area contributed by atoms with Crippen LogP contribution in [-0.2, 0) is 13.1 Å². The highest BCUT2D eigenvalue weighted by Gasteiger charge is 2.24. The Labute approximate surface area is 193 Å². The van der Waals surface area contributed by atoms with E-state index in [2.05, 4.69) is 49.6 Å². The second-order valence-corrected chi connectivity index (χ2v) is 11.0. The minimum Gasteiger partial charge on any atom is -0.508 e. The fraction of sp³-hybridized carbons (Fsp3) is 0.571. The molecule has 0 bridgehead atoms. The molecule has 2 fully saturated rings. The molecule has 0 aliphatic carbocycles. The summed E-state index contributed by atoms with van der Waals surface area (Å²) < 4.78 is 0. The Bertz CT molecular complexity index is 832.